The zero-order chi connectivity index (χ0) is 13.8. The first kappa shape index (κ1) is 12.3. The molecule has 7 heteroatoms. The first-order chi connectivity index (χ1) is 9.84. The first-order valence-corrected chi connectivity index (χ1v) is 6.28. The van der Waals surface area contributed by atoms with Gasteiger partial charge in [-0.3, -0.25) is 0 Å². The van der Waals surface area contributed by atoms with Crippen molar-refractivity contribution >= 4 is 5.95 Å². The maximum absolute atomic E-state index is 5.22. The summed E-state index contributed by atoms with van der Waals surface area (Å²) in [6.45, 7) is 0.716. The Morgan fingerprint density at radius 2 is 2.10 bits per heavy atom. The minimum atomic E-state index is 0.683. The van der Waals surface area contributed by atoms with Gasteiger partial charge in [-0.05, 0) is 22.6 Å². The molecule has 0 saturated carbocycles. The van der Waals surface area contributed by atoms with Gasteiger partial charge in [0, 0.05) is 20.0 Å². The Labute approximate surface area is 115 Å². The van der Waals surface area contributed by atoms with Crippen molar-refractivity contribution in [2.24, 2.45) is 0 Å². The summed E-state index contributed by atoms with van der Waals surface area (Å²) in [5.41, 5.74) is 0.926. The van der Waals surface area contributed by atoms with Crippen LogP contribution in [0.3, 0.4) is 0 Å². The van der Waals surface area contributed by atoms with E-state index in [2.05, 4.69) is 20.5 Å². The average molecular weight is 270 g/mol. The number of nitrogens with zero attached hydrogens (tertiary/aromatic N) is 6. The number of anilines is 1. The summed E-state index contributed by atoms with van der Waals surface area (Å²) in [4.78, 5) is 6.07. The normalized spacial score (nSPS) is 10.7. The van der Waals surface area contributed by atoms with Crippen molar-refractivity contribution in [2.45, 2.75) is 6.42 Å². The van der Waals surface area contributed by atoms with E-state index in [1.807, 2.05) is 42.3 Å². The zero-order valence-corrected chi connectivity index (χ0v) is 11.0. The number of oxazole rings is 1. The molecule has 0 N–H and O–H groups in total. The van der Waals surface area contributed by atoms with E-state index >= 15 is 0 Å². The molecule has 0 atom stereocenters. The van der Waals surface area contributed by atoms with Crippen LogP contribution in [0.5, 0.6) is 0 Å². The average Bonchev–Trinajstić information content (AvgIpc) is 3.17. The Hall–Kier alpha value is -2.70. The van der Waals surface area contributed by atoms with E-state index < -0.39 is 0 Å². The second kappa shape index (κ2) is 5.52. The lowest BCUT2D eigenvalue weighted by Crippen LogP contribution is -2.24. The second-order valence-corrected chi connectivity index (χ2v) is 4.32. The van der Waals surface area contributed by atoms with Gasteiger partial charge >= 0.3 is 0 Å². The van der Waals surface area contributed by atoms with Crippen LogP contribution in [0.25, 0.3) is 5.69 Å². The number of hydrogen-bond acceptors (Lipinski definition) is 6. The molecule has 0 radical (unpaired) electrons. The molecule has 2 aromatic heterocycles. The van der Waals surface area contributed by atoms with Crippen LogP contribution in [0.4, 0.5) is 5.95 Å². The summed E-state index contributed by atoms with van der Waals surface area (Å²) in [6.07, 6.45) is 3.91. The van der Waals surface area contributed by atoms with Crippen LogP contribution in [0.2, 0.25) is 0 Å². The molecule has 2 heterocycles. The fraction of sp³-hybridized carbons (Fsp3) is 0.231. The lowest BCUT2D eigenvalue weighted by Gasteiger charge is -2.16. The van der Waals surface area contributed by atoms with Crippen molar-refractivity contribution in [3.63, 3.8) is 0 Å². The van der Waals surface area contributed by atoms with Crippen LogP contribution in [0.15, 0.2) is 47.2 Å². The van der Waals surface area contributed by atoms with E-state index in [1.54, 1.807) is 17.1 Å². The molecule has 0 unspecified atom stereocenters. The van der Waals surface area contributed by atoms with E-state index in [1.165, 1.54) is 0 Å². The van der Waals surface area contributed by atoms with E-state index in [4.69, 9.17) is 4.42 Å². The highest BCUT2D eigenvalue weighted by Crippen LogP contribution is 2.14. The van der Waals surface area contributed by atoms with Crippen LogP contribution in [-0.4, -0.2) is 38.8 Å². The number of hydrogen-bond donors (Lipinski definition) is 0. The van der Waals surface area contributed by atoms with E-state index in [9.17, 15) is 0 Å². The lowest BCUT2D eigenvalue weighted by molar-refractivity contribution is 0.493. The Balaban J connectivity index is 1.75. The molecule has 0 saturated heterocycles. The lowest BCUT2D eigenvalue weighted by atomic mass is 10.3. The molecular weight excluding hydrogens is 256 g/mol. The Morgan fingerprint density at radius 1 is 1.25 bits per heavy atom. The summed E-state index contributed by atoms with van der Waals surface area (Å²) < 4.78 is 6.92. The molecule has 20 heavy (non-hydrogen) atoms. The van der Waals surface area contributed by atoms with Crippen LogP contribution >= 0.6 is 0 Å². The molecule has 3 aromatic rings. The standard InChI is InChI=1S/C13H14N6O/c1-18(9-7-12-14-8-10-20-12)13-15-16-17-19(13)11-5-3-2-4-6-11/h2-6,8,10H,7,9H2,1H3. The Morgan fingerprint density at radius 3 is 2.85 bits per heavy atom. The predicted octanol–water partition coefficient (Wildman–Crippen LogP) is 1.33. The summed E-state index contributed by atoms with van der Waals surface area (Å²) in [5, 5.41) is 11.8. The molecule has 0 aliphatic heterocycles. The second-order valence-electron chi connectivity index (χ2n) is 4.32. The molecule has 0 aliphatic carbocycles. The van der Waals surface area contributed by atoms with Gasteiger partial charge in [-0.25, -0.2) is 4.98 Å². The maximum Gasteiger partial charge on any atom is 0.250 e. The molecule has 0 spiro atoms. The van der Waals surface area contributed by atoms with E-state index in [0.29, 0.717) is 24.8 Å². The largest absolute Gasteiger partial charge is 0.449 e. The fourth-order valence-corrected chi connectivity index (χ4v) is 1.90. The summed E-state index contributed by atoms with van der Waals surface area (Å²) in [6, 6.07) is 9.78. The number of rotatable bonds is 5. The quantitative estimate of drug-likeness (QED) is 0.696. The number of para-hydroxylation sites is 1. The third-order valence-corrected chi connectivity index (χ3v) is 2.94. The summed E-state index contributed by atoms with van der Waals surface area (Å²) in [5.74, 6) is 1.39. The van der Waals surface area contributed by atoms with Gasteiger partial charge in [0.2, 0.25) is 5.95 Å². The molecule has 7 nitrogen and oxygen atoms in total. The third-order valence-electron chi connectivity index (χ3n) is 2.94. The highest BCUT2D eigenvalue weighted by Gasteiger charge is 2.13. The van der Waals surface area contributed by atoms with Crippen LogP contribution in [0, 0.1) is 0 Å². The van der Waals surface area contributed by atoms with Crippen molar-refractivity contribution in [1.82, 2.24) is 25.2 Å². The molecule has 0 bridgehead atoms. The topological polar surface area (TPSA) is 72.9 Å². The third kappa shape index (κ3) is 2.51. The van der Waals surface area contributed by atoms with Gasteiger partial charge < -0.3 is 9.32 Å². The molecule has 1 aromatic carbocycles. The predicted molar refractivity (Wildman–Crippen MR) is 72.6 cm³/mol. The molecule has 0 aliphatic rings. The summed E-state index contributed by atoms with van der Waals surface area (Å²) in [7, 11) is 1.94. The van der Waals surface area contributed by atoms with Crippen LogP contribution in [0.1, 0.15) is 5.89 Å². The van der Waals surface area contributed by atoms with Crippen molar-refractivity contribution in [3.8, 4) is 5.69 Å². The molecule has 102 valence electrons. The Bertz CT molecular complexity index is 649. The van der Waals surface area contributed by atoms with E-state index in [0.717, 1.165) is 5.69 Å². The van der Waals surface area contributed by atoms with Gasteiger partial charge in [-0.1, -0.05) is 23.3 Å². The van der Waals surface area contributed by atoms with Crippen molar-refractivity contribution in [2.75, 3.05) is 18.5 Å². The number of benzene rings is 1. The summed E-state index contributed by atoms with van der Waals surface area (Å²) >= 11 is 0. The zero-order valence-electron chi connectivity index (χ0n) is 11.0. The van der Waals surface area contributed by atoms with E-state index in [-0.39, 0.29) is 0 Å². The Kier molecular flexibility index (Phi) is 3.40. The van der Waals surface area contributed by atoms with Crippen molar-refractivity contribution in [1.29, 1.82) is 0 Å². The SMILES string of the molecule is CN(CCc1ncco1)c1nnnn1-c1ccccc1. The fourth-order valence-electron chi connectivity index (χ4n) is 1.90. The van der Waals surface area contributed by atoms with Gasteiger partial charge in [0.15, 0.2) is 5.89 Å². The monoisotopic (exact) mass is 270 g/mol. The number of likely N-dealkylation sites (N-methyl/N-ethyl adjacent to an activating group) is 1. The maximum atomic E-state index is 5.22. The van der Waals surface area contributed by atoms with Gasteiger partial charge in [0.25, 0.3) is 0 Å². The number of tetrazole rings is 1. The van der Waals surface area contributed by atoms with Crippen LogP contribution in [-0.2, 0) is 6.42 Å². The molecule has 3 rings (SSSR count). The van der Waals surface area contributed by atoms with Gasteiger partial charge in [-0.2, -0.15) is 4.68 Å². The highest BCUT2D eigenvalue weighted by atomic mass is 16.3. The molecule has 0 fully saturated rings. The van der Waals surface area contributed by atoms with Gasteiger partial charge in [0.05, 0.1) is 11.9 Å². The smallest absolute Gasteiger partial charge is 0.250 e. The number of aromatic nitrogens is 5. The van der Waals surface area contributed by atoms with Crippen molar-refractivity contribution in [3.05, 3.63) is 48.7 Å². The van der Waals surface area contributed by atoms with Gasteiger partial charge in [0.1, 0.15) is 6.26 Å². The van der Waals surface area contributed by atoms with Gasteiger partial charge in [-0.15, -0.1) is 0 Å². The van der Waals surface area contributed by atoms with Crippen molar-refractivity contribution < 1.29 is 4.42 Å². The minimum Gasteiger partial charge on any atom is -0.449 e. The first-order valence-electron chi connectivity index (χ1n) is 6.28. The molecular formula is C13H14N6O. The minimum absolute atomic E-state index is 0.683. The highest BCUT2D eigenvalue weighted by molar-refractivity contribution is 5.39. The molecule has 0 amide bonds. The van der Waals surface area contributed by atoms with Crippen LogP contribution < -0.4 is 4.90 Å².